The summed E-state index contributed by atoms with van der Waals surface area (Å²) in [6.45, 7) is 2.34. The van der Waals surface area contributed by atoms with Crippen molar-refractivity contribution in [3.8, 4) is 0 Å². The van der Waals surface area contributed by atoms with Gasteiger partial charge < -0.3 is 5.32 Å². The molecule has 1 aromatic rings. The molecule has 0 aliphatic carbocycles. The number of benzene rings is 1. The summed E-state index contributed by atoms with van der Waals surface area (Å²) < 4.78 is 0. The Morgan fingerprint density at radius 3 is 2.94 bits per heavy atom. The van der Waals surface area contributed by atoms with Crippen LogP contribution in [0.3, 0.4) is 0 Å². The lowest BCUT2D eigenvalue weighted by Crippen LogP contribution is -2.28. The van der Waals surface area contributed by atoms with Crippen LogP contribution in [0.4, 0.5) is 0 Å². The molecule has 1 nitrogen and oxygen atoms in total. The number of hydrogen-bond acceptors (Lipinski definition) is 3. The molecule has 3 heteroatoms. The first-order valence-electron chi connectivity index (χ1n) is 6.41. The van der Waals surface area contributed by atoms with Crippen LogP contribution < -0.4 is 5.32 Å². The molecular formula is C14H21NS2. The van der Waals surface area contributed by atoms with Gasteiger partial charge in [-0.05, 0) is 48.9 Å². The molecule has 17 heavy (non-hydrogen) atoms. The van der Waals surface area contributed by atoms with Gasteiger partial charge in [-0.15, -0.1) is 11.8 Å². The van der Waals surface area contributed by atoms with Crippen LogP contribution in [-0.2, 0) is 0 Å². The Kier molecular flexibility index (Phi) is 6.32. The molecule has 1 aliphatic rings. The summed E-state index contributed by atoms with van der Waals surface area (Å²) in [5.74, 6) is 4.82. The van der Waals surface area contributed by atoms with E-state index in [2.05, 4.69) is 47.4 Å². The molecular weight excluding hydrogens is 246 g/mol. The van der Waals surface area contributed by atoms with Crippen LogP contribution in [0.2, 0.25) is 0 Å². The van der Waals surface area contributed by atoms with E-state index in [4.69, 9.17) is 0 Å². The minimum absolute atomic E-state index is 0.912. The molecule has 1 unspecified atom stereocenters. The fourth-order valence-electron chi connectivity index (χ4n) is 2.03. The number of rotatable bonds is 6. The summed E-state index contributed by atoms with van der Waals surface area (Å²) in [5.41, 5.74) is 0. The van der Waals surface area contributed by atoms with Gasteiger partial charge in [0.05, 0.1) is 0 Å². The molecule has 2 rings (SSSR count). The monoisotopic (exact) mass is 267 g/mol. The number of hydrogen-bond donors (Lipinski definition) is 1. The highest BCUT2D eigenvalue weighted by Crippen LogP contribution is 2.21. The van der Waals surface area contributed by atoms with E-state index in [1.54, 1.807) is 0 Å². The second-order valence-corrected chi connectivity index (χ2v) is 6.77. The van der Waals surface area contributed by atoms with E-state index in [-0.39, 0.29) is 0 Å². The fourth-order valence-corrected chi connectivity index (χ4v) is 4.02. The largest absolute Gasteiger partial charge is 0.316 e. The van der Waals surface area contributed by atoms with Crippen LogP contribution >= 0.6 is 23.5 Å². The Morgan fingerprint density at radius 1 is 1.29 bits per heavy atom. The molecule has 0 saturated carbocycles. The van der Waals surface area contributed by atoms with Crippen LogP contribution in [0.1, 0.15) is 12.8 Å². The van der Waals surface area contributed by atoms with E-state index in [0.29, 0.717) is 0 Å². The zero-order valence-corrected chi connectivity index (χ0v) is 11.9. The quantitative estimate of drug-likeness (QED) is 0.626. The molecule has 1 heterocycles. The molecule has 0 radical (unpaired) electrons. The maximum Gasteiger partial charge on any atom is 0.0106 e. The Labute approximate surface area is 113 Å². The summed E-state index contributed by atoms with van der Waals surface area (Å²) in [7, 11) is 0. The van der Waals surface area contributed by atoms with E-state index in [1.807, 2.05) is 11.8 Å². The van der Waals surface area contributed by atoms with Crippen molar-refractivity contribution in [2.75, 3.05) is 30.3 Å². The fraction of sp³-hybridized carbons (Fsp3) is 0.571. The standard InChI is InChI=1S/C14H21NS2/c1-2-6-14(7-3-1)17-10-8-15-11-13-5-4-9-16-12-13/h1-3,6-7,13,15H,4-5,8-12H2. The molecule has 0 bridgehead atoms. The van der Waals surface area contributed by atoms with Crippen molar-refractivity contribution in [3.63, 3.8) is 0 Å². The van der Waals surface area contributed by atoms with Gasteiger partial charge in [0.2, 0.25) is 0 Å². The first kappa shape index (κ1) is 13.3. The van der Waals surface area contributed by atoms with E-state index >= 15 is 0 Å². The van der Waals surface area contributed by atoms with Gasteiger partial charge >= 0.3 is 0 Å². The van der Waals surface area contributed by atoms with Crippen molar-refractivity contribution < 1.29 is 0 Å². The van der Waals surface area contributed by atoms with Crippen LogP contribution in [0.5, 0.6) is 0 Å². The lowest BCUT2D eigenvalue weighted by molar-refractivity contribution is 0.484. The van der Waals surface area contributed by atoms with Gasteiger partial charge in [-0.2, -0.15) is 11.8 Å². The molecule has 1 saturated heterocycles. The van der Waals surface area contributed by atoms with Crippen molar-refractivity contribution in [2.45, 2.75) is 17.7 Å². The maximum atomic E-state index is 3.59. The molecule has 0 amide bonds. The predicted octanol–water partition coefficient (Wildman–Crippen LogP) is 3.51. The summed E-state index contributed by atoms with van der Waals surface area (Å²) in [6.07, 6.45) is 2.83. The molecule has 1 aliphatic heterocycles. The normalized spacial score (nSPS) is 20.4. The Bertz CT molecular complexity index is 296. The molecule has 1 aromatic carbocycles. The second kappa shape index (κ2) is 8.06. The minimum Gasteiger partial charge on any atom is -0.316 e. The zero-order valence-electron chi connectivity index (χ0n) is 10.2. The van der Waals surface area contributed by atoms with Crippen LogP contribution in [0.15, 0.2) is 35.2 Å². The molecule has 0 aromatic heterocycles. The average Bonchev–Trinajstić information content (AvgIpc) is 2.41. The van der Waals surface area contributed by atoms with Crippen LogP contribution in [0.25, 0.3) is 0 Å². The third-order valence-electron chi connectivity index (χ3n) is 2.98. The van der Waals surface area contributed by atoms with E-state index in [0.717, 1.165) is 12.5 Å². The lowest BCUT2D eigenvalue weighted by Gasteiger charge is -2.21. The van der Waals surface area contributed by atoms with Gasteiger partial charge in [-0.3, -0.25) is 0 Å². The Balaban J connectivity index is 1.51. The highest BCUT2D eigenvalue weighted by Gasteiger charge is 2.12. The van der Waals surface area contributed by atoms with Gasteiger partial charge in [0.15, 0.2) is 0 Å². The molecule has 1 atom stereocenters. The zero-order chi connectivity index (χ0) is 11.8. The predicted molar refractivity (Wildman–Crippen MR) is 80.1 cm³/mol. The van der Waals surface area contributed by atoms with Gasteiger partial charge in [0.1, 0.15) is 0 Å². The van der Waals surface area contributed by atoms with Gasteiger partial charge in [0, 0.05) is 17.2 Å². The third-order valence-corrected chi connectivity index (χ3v) is 5.28. The molecule has 94 valence electrons. The Morgan fingerprint density at radius 2 is 2.18 bits per heavy atom. The molecule has 0 spiro atoms. The smallest absolute Gasteiger partial charge is 0.0106 e. The highest BCUT2D eigenvalue weighted by molar-refractivity contribution is 7.99. The van der Waals surface area contributed by atoms with Crippen molar-refractivity contribution in [1.82, 2.24) is 5.32 Å². The van der Waals surface area contributed by atoms with Crippen LogP contribution in [-0.4, -0.2) is 30.3 Å². The first-order valence-corrected chi connectivity index (χ1v) is 8.55. The summed E-state index contributed by atoms with van der Waals surface area (Å²) in [6, 6.07) is 10.7. The maximum absolute atomic E-state index is 3.59. The van der Waals surface area contributed by atoms with Crippen molar-refractivity contribution in [3.05, 3.63) is 30.3 Å². The van der Waals surface area contributed by atoms with E-state index < -0.39 is 0 Å². The SMILES string of the molecule is c1ccc(SCCNCC2CCCSC2)cc1. The van der Waals surface area contributed by atoms with Gasteiger partial charge in [-0.1, -0.05) is 18.2 Å². The average molecular weight is 267 g/mol. The number of thioether (sulfide) groups is 2. The van der Waals surface area contributed by atoms with Crippen molar-refractivity contribution in [2.24, 2.45) is 5.92 Å². The minimum atomic E-state index is 0.912. The summed E-state index contributed by atoms with van der Waals surface area (Å²) in [4.78, 5) is 1.38. The van der Waals surface area contributed by atoms with Gasteiger partial charge in [0.25, 0.3) is 0 Å². The molecule has 1 fully saturated rings. The second-order valence-electron chi connectivity index (χ2n) is 4.45. The van der Waals surface area contributed by atoms with Crippen LogP contribution in [0, 0.1) is 5.92 Å². The topological polar surface area (TPSA) is 12.0 Å². The van der Waals surface area contributed by atoms with E-state index in [1.165, 1.54) is 41.5 Å². The number of nitrogens with one attached hydrogen (secondary N) is 1. The Hall–Kier alpha value is -0.120. The first-order chi connectivity index (χ1) is 8.45. The molecule has 1 N–H and O–H groups in total. The van der Waals surface area contributed by atoms with Crippen molar-refractivity contribution >= 4 is 23.5 Å². The summed E-state index contributed by atoms with van der Waals surface area (Å²) >= 11 is 4.06. The highest BCUT2D eigenvalue weighted by atomic mass is 32.2. The third kappa shape index (κ3) is 5.36. The summed E-state index contributed by atoms with van der Waals surface area (Å²) in [5, 5.41) is 3.59. The van der Waals surface area contributed by atoms with E-state index in [9.17, 15) is 0 Å². The lowest BCUT2D eigenvalue weighted by atomic mass is 10.1. The van der Waals surface area contributed by atoms with Crippen molar-refractivity contribution in [1.29, 1.82) is 0 Å². The van der Waals surface area contributed by atoms with Gasteiger partial charge in [-0.25, -0.2) is 0 Å².